The Bertz CT molecular complexity index is 107. The van der Waals surface area contributed by atoms with Gasteiger partial charge in [0, 0.05) is 6.04 Å². The largest absolute Gasteiger partial charge is 0.313 e. The molecule has 0 heterocycles. The molecular formula is C10H21N. The fraction of sp³-hybridized carbons (Fsp3) is 0.800. The Kier molecular flexibility index (Phi) is 5.22. The number of rotatable bonds is 5. The van der Waals surface area contributed by atoms with E-state index in [4.69, 9.17) is 0 Å². The smallest absolute Gasteiger partial charge is 0.0275 e. The zero-order valence-corrected chi connectivity index (χ0v) is 8.22. The highest BCUT2D eigenvalue weighted by Gasteiger charge is 2.17. The number of likely N-dealkylation sites (N-methyl/N-ethyl adjacent to an activating group) is 1. The molecule has 0 saturated carbocycles. The Labute approximate surface area is 70.9 Å². The molecule has 0 rings (SSSR count). The van der Waals surface area contributed by atoms with Crippen LogP contribution in [0, 0.1) is 11.8 Å². The molecule has 0 amide bonds. The summed E-state index contributed by atoms with van der Waals surface area (Å²) in [4.78, 5) is 0. The highest BCUT2D eigenvalue weighted by Crippen LogP contribution is 2.19. The highest BCUT2D eigenvalue weighted by atomic mass is 14.9. The standard InChI is InChI=1S/C10H21N/c1-6-9(8(3)4)10(7-2)11-5/h7-11H,2,6H2,1,3-5H3/t9-,10?/m0/s1. The van der Waals surface area contributed by atoms with E-state index in [1.807, 2.05) is 13.1 Å². The van der Waals surface area contributed by atoms with Crippen LogP contribution in [-0.2, 0) is 0 Å². The molecule has 1 heteroatoms. The summed E-state index contributed by atoms with van der Waals surface area (Å²) in [6.45, 7) is 10.6. The Morgan fingerprint density at radius 2 is 2.00 bits per heavy atom. The van der Waals surface area contributed by atoms with Crippen molar-refractivity contribution in [2.45, 2.75) is 33.2 Å². The SMILES string of the molecule is C=CC(NC)[C@@H](CC)C(C)C. The maximum absolute atomic E-state index is 3.82. The summed E-state index contributed by atoms with van der Waals surface area (Å²) >= 11 is 0. The molecule has 0 aliphatic carbocycles. The summed E-state index contributed by atoms with van der Waals surface area (Å²) in [5.74, 6) is 1.45. The van der Waals surface area contributed by atoms with E-state index in [1.165, 1.54) is 6.42 Å². The lowest BCUT2D eigenvalue weighted by Crippen LogP contribution is -2.34. The molecule has 0 aromatic carbocycles. The van der Waals surface area contributed by atoms with Crippen molar-refractivity contribution in [2.24, 2.45) is 11.8 Å². The molecule has 0 bridgehead atoms. The lowest BCUT2D eigenvalue weighted by Gasteiger charge is -2.26. The van der Waals surface area contributed by atoms with Crippen molar-refractivity contribution < 1.29 is 0 Å². The normalized spacial score (nSPS) is 16.5. The van der Waals surface area contributed by atoms with Gasteiger partial charge in [0.05, 0.1) is 0 Å². The molecule has 1 N–H and O–H groups in total. The number of hydrogen-bond acceptors (Lipinski definition) is 1. The van der Waals surface area contributed by atoms with E-state index in [-0.39, 0.29) is 0 Å². The molecule has 0 spiro atoms. The maximum atomic E-state index is 3.82. The van der Waals surface area contributed by atoms with E-state index in [0.717, 1.165) is 11.8 Å². The van der Waals surface area contributed by atoms with Gasteiger partial charge in [0.2, 0.25) is 0 Å². The van der Waals surface area contributed by atoms with Gasteiger partial charge in [-0.15, -0.1) is 6.58 Å². The molecule has 0 aromatic rings. The predicted octanol–water partition coefficient (Wildman–Crippen LogP) is 2.44. The first kappa shape index (κ1) is 10.7. The van der Waals surface area contributed by atoms with Gasteiger partial charge in [0.1, 0.15) is 0 Å². The Hall–Kier alpha value is -0.300. The first-order chi connectivity index (χ1) is 5.17. The first-order valence-corrected chi connectivity index (χ1v) is 4.47. The van der Waals surface area contributed by atoms with Crippen molar-refractivity contribution in [1.29, 1.82) is 0 Å². The third kappa shape index (κ3) is 3.06. The summed E-state index contributed by atoms with van der Waals surface area (Å²) in [7, 11) is 2.00. The Morgan fingerprint density at radius 3 is 2.09 bits per heavy atom. The van der Waals surface area contributed by atoms with Gasteiger partial charge >= 0.3 is 0 Å². The predicted molar refractivity (Wildman–Crippen MR) is 51.7 cm³/mol. The third-order valence-electron chi connectivity index (χ3n) is 2.38. The van der Waals surface area contributed by atoms with Gasteiger partial charge in [-0.25, -0.2) is 0 Å². The highest BCUT2D eigenvalue weighted by molar-refractivity contribution is 4.90. The van der Waals surface area contributed by atoms with E-state index >= 15 is 0 Å². The van der Waals surface area contributed by atoms with Crippen LogP contribution >= 0.6 is 0 Å². The molecule has 0 aliphatic heterocycles. The van der Waals surface area contributed by atoms with Crippen molar-refractivity contribution in [3.05, 3.63) is 12.7 Å². The van der Waals surface area contributed by atoms with E-state index < -0.39 is 0 Å². The fourth-order valence-corrected chi connectivity index (χ4v) is 1.65. The molecule has 11 heavy (non-hydrogen) atoms. The van der Waals surface area contributed by atoms with Gasteiger partial charge in [0.25, 0.3) is 0 Å². The van der Waals surface area contributed by atoms with Crippen LogP contribution in [0.4, 0.5) is 0 Å². The lowest BCUT2D eigenvalue weighted by atomic mass is 9.86. The van der Waals surface area contributed by atoms with E-state index in [9.17, 15) is 0 Å². The van der Waals surface area contributed by atoms with Gasteiger partial charge < -0.3 is 5.32 Å². The van der Waals surface area contributed by atoms with Crippen LogP contribution < -0.4 is 5.32 Å². The lowest BCUT2D eigenvalue weighted by molar-refractivity contribution is 0.314. The minimum absolute atomic E-state index is 0.472. The van der Waals surface area contributed by atoms with Crippen LogP contribution in [0.2, 0.25) is 0 Å². The quantitative estimate of drug-likeness (QED) is 0.601. The van der Waals surface area contributed by atoms with Crippen molar-refractivity contribution in [3.63, 3.8) is 0 Å². The maximum Gasteiger partial charge on any atom is 0.0275 e. The van der Waals surface area contributed by atoms with E-state index in [0.29, 0.717) is 6.04 Å². The van der Waals surface area contributed by atoms with Crippen LogP contribution in [0.5, 0.6) is 0 Å². The second kappa shape index (κ2) is 5.36. The van der Waals surface area contributed by atoms with Gasteiger partial charge in [-0.2, -0.15) is 0 Å². The molecular weight excluding hydrogens is 134 g/mol. The van der Waals surface area contributed by atoms with Crippen LogP contribution in [0.3, 0.4) is 0 Å². The number of hydrogen-bond donors (Lipinski definition) is 1. The van der Waals surface area contributed by atoms with Gasteiger partial charge in [0.15, 0.2) is 0 Å². The molecule has 0 saturated heterocycles. The summed E-state index contributed by atoms with van der Waals surface area (Å²) in [6.07, 6.45) is 3.23. The molecule has 0 radical (unpaired) electrons. The zero-order valence-electron chi connectivity index (χ0n) is 8.22. The molecule has 66 valence electrons. The van der Waals surface area contributed by atoms with Crippen LogP contribution in [0.25, 0.3) is 0 Å². The summed E-state index contributed by atoms with van der Waals surface area (Å²) in [6, 6.07) is 0.472. The van der Waals surface area contributed by atoms with Crippen molar-refractivity contribution in [2.75, 3.05) is 7.05 Å². The minimum Gasteiger partial charge on any atom is -0.313 e. The van der Waals surface area contributed by atoms with E-state index in [1.54, 1.807) is 0 Å². The molecule has 0 aromatic heterocycles. The monoisotopic (exact) mass is 155 g/mol. The second-order valence-electron chi connectivity index (χ2n) is 3.37. The minimum atomic E-state index is 0.472. The fourth-order valence-electron chi connectivity index (χ4n) is 1.65. The molecule has 0 aliphatic rings. The van der Waals surface area contributed by atoms with E-state index in [2.05, 4.69) is 32.7 Å². The van der Waals surface area contributed by atoms with Crippen molar-refractivity contribution in [1.82, 2.24) is 5.32 Å². The molecule has 1 unspecified atom stereocenters. The van der Waals surface area contributed by atoms with Gasteiger partial charge in [-0.1, -0.05) is 33.3 Å². The third-order valence-corrected chi connectivity index (χ3v) is 2.38. The average Bonchev–Trinajstić information content (AvgIpc) is 1.99. The van der Waals surface area contributed by atoms with Crippen molar-refractivity contribution >= 4 is 0 Å². The topological polar surface area (TPSA) is 12.0 Å². The summed E-state index contributed by atoms with van der Waals surface area (Å²) < 4.78 is 0. The Morgan fingerprint density at radius 1 is 1.45 bits per heavy atom. The first-order valence-electron chi connectivity index (χ1n) is 4.47. The summed E-state index contributed by atoms with van der Waals surface area (Å²) in [5.41, 5.74) is 0. The van der Waals surface area contributed by atoms with Crippen LogP contribution in [-0.4, -0.2) is 13.1 Å². The molecule has 2 atom stereocenters. The van der Waals surface area contributed by atoms with Crippen molar-refractivity contribution in [3.8, 4) is 0 Å². The van der Waals surface area contributed by atoms with Crippen LogP contribution in [0.15, 0.2) is 12.7 Å². The molecule has 0 fully saturated rings. The van der Waals surface area contributed by atoms with Crippen LogP contribution in [0.1, 0.15) is 27.2 Å². The molecule has 1 nitrogen and oxygen atoms in total. The zero-order chi connectivity index (χ0) is 8.85. The average molecular weight is 155 g/mol. The summed E-state index contributed by atoms with van der Waals surface area (Å²) in [5, 5.41) is 3.27. The Balaban J connectivity index is 4.08. The van der Waals surface area contributed by atoms with Gasteiger partial charge in [-0.05, 0) is 18.9 Å². The second-order valence-corrected chi connectivity index (χ2v) is 3.37. The number of nitrogens with one attached hydrogen (secondary N) is 1. The van der Waals surface area contributed by atoms with Gasteiger partial charge in [-0.3, -0.25) is 0 Å².